The topological polar surface area (TPSA) is 69.4 Å². The van der Waals surface area contributed by atoms with Crippen LogP contribution in [0.1, 0.15) is 23.1 Å². The van der Waals surface area contributed by atoms with Crippen molar-refractivity contribution in [3.8, 4) is 11.3 Å². The summed E-state index contributed by atoms with van der Waals surface area (Å²) in [5.74, 6) is -0.419. The number of hydrogen-bond donors (Lipinski definition) is 0. The van der Waals surface area contributed by atoms with Gasteiger partial charge >= 0.3 is 5.97 Å². The number of pyridine rings is 1. The van der Waals surface area contributed by atoms with Crippen molar-refractivity contribution in [2.45, 2.75) is 13.8 Å². The van der Waals surface area contributed by atoms with Crippen molar-refractivity contribution >= 4 is 11.6 Å². The summed E-state index contributed by atoms with van der Waals surface area (Å²) in [4.78, 5) is 15.9. The van der Waals surface area contributed by atoms with Gasteiger partial charge in [0.15, 0.2) is 5.69 Å². The van der Waals surface area contributed by atoms with Crippen LogP contribution in [0.4, 0.5) is 0 Å². The summed E-state index contributed by atoms with van der Waals surface area (Å²) in [6.45, 7) is 3.99. The van der Waals surface area contributed by atoms with E-state index >= 15 is 0 Å². The van der Waals surface area contributed by atoms with Crippen LogP contribution in [0.2, 0.25) is 0 Å². The van der Waals surface area contributed by atoms with Gasteiger partial charge in [-0.2, -0.15) is 10.2 Å². The van der Waals surface area contributed by atoms with E-state index in [1.807, 2.05) is 37.4 Å². The monoisotopic (exact) mass is 282 g/mol. The van der Waals surface area contributed by atoms with Gasteiger partial charge < -0.3 is 9.14 Å². The van der Waals surface area contributed by atoms with E-state index in [0.29, 0.717) is 17.9 Å². The number of nitrogens with zero attached hydrogens (tertiary/aromatic N) is 4. The number of imidazole rings is 1. The van der Waals surface area contributed by atoms with E-state index in [-0.39, 0.29) is 0 Å². The van der Waals surface area contributed by atoms with E-state index in [4.69, 9.17) is 4.74 Å². The fourth-order valence-corrected chi connectivity index (χ4v) is 2.00. The van der Waals surface area contributed by atoms with Gasteiger partial charge in [-0.15, -0.1) is 0 Å². The lowest BCUT2D eigenvalue weighted by Crippen LogP contribution is -2.04. The lowest BCUT2D eigenvalue weighted by atomic mass is 10.2. The summed E-state index contributed by atoms with van der Waals surface area (Å²) in [6, 6.07) is 7.55. The Morgan fingerprint density at radius 1 is 1.19 bits per heavy atom. The van der Waals surface area contributed by atoms with Gasteiger partial charge in [0.05, 0.1) is 18.0 Å². The number of hydrogen-bond acceptors (Lipinski definition) is 5. The zero-order chi connectivity index (χ0) is 14.8. The van der Waals surface area contributed by atoms with Crippen molar-refractivity contribution in [3.63, 3.8) is 0 Å². The van der Waals surface area contributed by atoms with Crippen LogP contribution in [0.5, 0.6) is 0 Å². The Bertz CT molecular complexity index is 793. The summed E-state index contributed by atoms with van der Waals surface area (Å²) in [5.41, 5.74) is 3.52. The van der Waals surface area contributed by atoms with Gasteiger partial charge in [-0.1, -0.05) is 0 Å². The summed E-state index contributed by atoms with van der Waals surface area (Å²) in [6.07, 6.45) is 3.52. The van der Waals surface area contributed by atoms with E-state index in [1.54, 1.807) is 17.5 Å². The molecule has 0 radical (unpaired) electrons. The quantitative estimate of drug-likeness (QED) is 0.689. The van der Waals surface area contributed by atoms with Crippen molar-refractivity contribution in [1.29, 1.82) is 0 Å². The molecule has 3 aromatic heterocycles. The first kappa shape index (κ1) is 13.2. The lowest BCUT2D eigenvalue weighted by molar-refractivity contribution is 0.0520. The summed E-state index contributed by atoms with van der Waals surface area (Å²) in [5, 5.41) is 8.20. The number of aromatic nitrogens is 4. The number of carbonyl (C=O) groups is 1. The minimum Gasteiger partial charge on any atom is -0.461 e. The zero-order valence-corrected chi connectivity index (χ0v) is 11.8. The van der Waals surface area contributed by atoms with Gasteiger partial charge in [-0.3, -0.25) is 0 Å². The summed E-state index contributed by atoms with van der Waals surface area (Å²) in [7, 11) is 0. The molecule has 3 aromatic rings. The molecule has 0 aromatic carbocycles. The van der Waals surface area contributed by atoms with Crippen LogP contribution in [-0.2, 0) is 4.74 Å². The lowest BCUT2D eigenvalue weighted by Gasteiger charge is -2.01. The van der Waals surface area contributed by atoms with E-state index in [0.717, 1.165) is 17.0 Å². The molecule has 0 aliphatic rings. The van der Waals surface area contributed by atoms with Crippen LogP contribution in [0.3, 0.4) is 0 Å². The highest BCUT2D eigenvalue weighted by Gasteiger charge is 2.12. The fraction of sp³-hybridized carbons (Fsp3) is 0.200. The molecular formula is C15H14N4O2. The normalized spacial score (nSPS) is 10.8. The molecule has 0 saturated carbocycles. The predicted octanol–water partition coefficient (Wildman–Crippen LogP) is 2.28. The first-order valence-corrected chi connectivity index (χ1v) is 6.64. The smallest absolute Gasteiger partial charge is 0.358 e. The average molecular weight is 282 g/mol. The highest BCUT2D eigenvalue weighted by Crippen LogP contribution is 2.18. The fourth-order valence-electron chi connectivity index (χ4n) is 2.00. The number of carbonyl (C=O) groups excluding carboxylic acids is 1. The zero-order valence-electron chi connectivity index (χ0n) is 11.8. The number of ether oxygens (including phenoxy) is 1. The van der Waals surface area contributed by atoms with Gasteiger partial charge in [0.1, 0.15) is 5.65 Å². The summed E-state index contributed by atoms with van der Waals surface area (Å²) < 4.78 is 6.73. The van der Waals surface area contributed by atoms with Crippen LogP contribution < -0.4 is 0 Å². The Morgan fingerprint density at radius 2 is 2.05 bits per heavy atom. The van der Waals surface area contributed by atoms with Crippen molar-refractivity contribution < 1.29 is 9.53 Å². The first-order valence-electron chi connectivity index (χ1n) is 6.64. The largest absolute Gasteiger partial charge is 0.461 e. The van der Waals surface area contributed by atoms with E-state index in [2.05, 4.69) is 15.2 Å². The molecule has 0 atom stereocenters. The van der Waals surface area contributed by atoms with Crippen LogP contribution in [0.15, 0.2) is 36.7 Å². The minimum atomic E-state index is -0.419. The third-order valence-electron chi connectivity index (χ3n) is 3.03. The van der Waals surface area contributed by atoms with Gasteiger partial charge in [-0.25, -0.2) is 9.78 Å². The Kier molecular flexibility index (Phi) is 3.35. The second-order valence-corrected chi connectivity index (χ2v) is 4.59. The molecule has 0 amide bonds. The van der Waals surface area contributed by atoms with Crippen LogP contribution >= 0.6 is 0 Å². The molecular weight excluding hydrogens is 268 g/mol. The maximum Gasteiger partial charge on any atom is 0.358 e. The Hall–Kier alpha value is -2.76. The Labute approximate surface area is 121 Å². The number of esters is 1. The van der Waals surface area contributed by atoms with E-state index in [9.17, 15) is 4.79 Å². The molecule has 0 aliphatic carbocycles. The molecule has 6 heteroatoms. The molecule has 0 unspecified atom stereocenters. The maximum absolute atomic E-state index is 11.7. The van der Waals surface area contributed by atoms with Crippen molar-refractivity contribution in [3.05, 3.63) is 48.0 Å². The molecule has 0 aliphatic heterocycles. The molecule has 6 nitrogen and oxygen atoms in total. The van der Waals surface area contributed by atoms with Crippen LogP contribution in [-0.4, -0.2) is 32.2 Å². The Balaban J connectivity index is 2.00. The average Bonchev–Trinajstić information content (AvgIpc) is 2.91. The first-order chi connectivity index (χ1) is 10.2. The molecule has 0 N–H and O–H groups in total. The van der Waals surface area contributed by atoms with Crippen molar-refractivity contribution in [1.82, 2.24) is 19.6 Å². The van der Waals surface area contributed by atoms with Gasteiger partial charge in [0.2, 0.25) is 0 Å². The predicted molar refractivity (Wildman–Crippen MR) is 76.9 cm³/mol. The van der Waals surface area contributed by atoms with Gasteiger partial charge in [0, 0.05) is 18.0 Å². The number of aryl methyl sites for hydroxylation is 1. The second kappa shape index (κ2) is 5.32. The molecule has 0 saturated heterocycles. The molecule has 0 spiro atoms. The van der Waals surface area contributed by atoms with Crippen LogP contribution in [0.25, 0.3) is 16.9 Å². The van der Waals surface area contributed by atoms with Crippen molar-refractivity contribution in [2.75, 3.05) is 6.61 Å². The third-order valence-corrected chi connectivity index (χ3v) is 3.03. The summed E-state index contributed by atoms with van der Waals surface area (Å²) >= 11 is 0. The molecule has 3 rings (SSSR count). The number of fused-ring (bicyclic) bond motifs is 1. The SMILES string of the molecule is CCOC(=O)c1cn2cc(-c3ccc(C)nn3)ccc2n1. The highest BCUT2D eigenvalue weighted by atomic mass is 16.5. The second-order valence-electron chi connectivity index (χ2n) is 4.59. The van der Waals surface area contributed by atoms with Crippen molar-refractivity contribution in [2.24, 2.45) is 0 Å². The molecule has 3 heterocycles. The maximum atomic E-state index is 11.7. The van der Waals surface area contributed by atoms with Gasteiger partial charge in [-0.05, 0) is 38.1 Å². The number of rotatable bonds is 3. The standard InChI is InChI=1S/C15H14N4O2/c1-3-21-15(20)13-9-19-8-11(5-7-14(19)16-13)12-6-4-10(2)17-18-12/h4-9H,3H2,1-2H3. The van der Waals surface area contributed by atoms with Crippen LogP contribution in [0, 0.1) is 6.92 Å². The highest BCUT2D eigenvalue weighted by molar-refractivity contribution is 5.88. The Morgan fingerprint density at radius 3 is 2.76 bits per heavy atom. The van der Waals surface area contributed by atoms with Gasteiger partial charge in [0.25, 0.3) is 0 Å². The van der Waals surface area contributed by atoms with E-state index < -0.39 is 5.97 Å². The molecule has 21 heavy (non-hydrogen) atoms. The molecule has 106 valence electrons. The third kappa shape index (κ3) is 2.60. The minimum absolute atomic E-state index is 0.295. The molecule has 0 bridgehead atoms. The molecule has 0 fully saturated rings. The van der Waals surface area contributed by atoms with E-state index in [1.165, 1.54) is 0 Å².